The molecule has 0 radical (unpaired) electrons. The molecule has 4 fully saturated rings. The Kier molecular flexibility index (Phi) is 4.19. The predicted molar refractivity (Wildman–Crippen MR) is 96.6 cm³/mol. The molecule has 4 aliphatic rings. The van der Waals surface area contributed by atoms with Gasteiger partial charge in [0.25, 0.3) is 0 Å². The minimum atomic E-state index is 0.0305. The highest BCUT2D eigenvalue weighted by atomic mass is 16.2. The van der Waals surface area contributed by atoms with Crippen molar-refractivity contribution in [2.75, 3.05) is 0 Å². The summed E-state index contributed by atoms with van der Waals surface area (Å²) in [6, 6.07) is 10.2. The van der Waals surface area contributed by atoms with E-state index in [1.165, 1.54) is 49.8 Å². The molecule has 128 valence electrons. The van der Waals surface area contributed by atoms with Crippen LogP contribution < -0.4 is 5.43 Å². The summed E-state index contributed by atoms with van der Waals surface area (Å²) in [7, 11) is 0. The average Bonchev–Trinajstić information content (AvgIpc) is 2.57. The van der Waals surface area contributed by atoms with Crippen LogP contribution in [0.2, 0.25) is 0 Å². The zero-order chi connectivity index (χ0) is 16.6. The van der Waals surface area contributed by atoms with E-state index in [0.717, 1.165) is 24.2 Å². The lowest BCUT2D eigenvalue weighted by molar-refractivity contribution is -0.121. The number of aryl methyl sites for hydroxylation is 1. The number of hydrazone groups is 1. The molecular weight excluding hydrogens is 296 g/mol. The first-order valence-electron chi connectivity index (χ1n) is 9.50. The van der Waals surface area contributed by atoms with E-state index in [0.29, 0.717) is 11.8 Å². The fourth-order valence-electron chi connectivity index (χ4n) is 5.78. The van der Waals surface area contributed by atoms with Crippen LogP contribution in [0.15, 0.2) is 35.4 Å². The van der Waals surface area contributed by atoms with Gasteiger partial charge >= 0.3 is 0 Å². The Morgan fingerprint density at radius 1 is 1.08 bits per heavy atom. The maximum atomic E-state index is 12.1. The van der Waals surface area contributed by atoms with Gasteiger partial charge < -0.3 is 0 Å². The molecule has 4 aliphatic carbocycles. The number of carbonyl (C=O) groups excluding carboxylic acids is 1. The van der Waals surface area contributed by atoms with Gasteiger partial charge in [-0.25, -0.2) is 5.43 Å². The van der Waals surface area contributed by atoms with Crippen molar-refractivity contribution < 1.29 is 4.79 Å². The second-order valence-electron chi connectivity index (χ2n) is 8.42. The van der Waals surface area contributed by atoms with Gasteiger partial charge in [0.1, 0.15) is 0 Å². The highest BCUT2D eigenvalue weighted by molar-refractivity contribution is 5.89. The Bertz CT molecular complexity index is 599. The Labute approximate surface area is 144 Å². The fraction of sp³-hybridized carbons (Fsp3) is 0.619. The molecule has 0 saturated heterocycles. The molecule has 1 N–H and O–H groups in total. The van der Waals surface area contributed by atoms with Crippen LogP contribution in [0.1, 0.15) is 57.4 Å². The van der Waals surface area contributed by atoms with Crippen molar-refractivity contribution in [2.45, 2.75) is 58.3 Å². The van der Waals surface area contributed by atoms with Crippen LogP contribution in [0.3, 0.4) is 0 Å². The monoisotopic (exact) mass is 324 g/mol. The molecular formula is C21H28N2O. The van der Waals surface area contributed by atoms with Gasteiger partial charge in [-0.05, 0) is 75.2 Å². The molecule has 0 aliphatic heterocycles. The van der Waals surface area contributed by atoms with Gasteiger partial charge in [0.2, 0.25) is 5.91 Å². The van der Waals surface area contributed by atoms with Crippen LogP contribution in [-0.4, -0.2) is 11.6 Å². The standard InChI is InChI=1S/C21H28N2O/c1-15(21-12-17-9-18(13-21)11-19(10-17)14-21)22-23-20(24)8-7-16-5-3-2-4-6-16/h2-6,17-19H,7-14H2,1H3,(H,23,24). The minimum Gasteiger partial charge on any atom is -0.273 e. The zero-order valence-electron chi connectivity index (χ0n) is 14.6. The molecule has 0 aromatic heterocycles. The number of rotatable bonds is 5. The topological polar surface area (TPSA) is 41.5 Å². The van der Waals surface area contributed by atoms with Crippen molar-refractivity contribution in [2.24, 2.45) is 28.3 Å². The second kappa shape index (κ2) is 6.34. The van der Waals surface area contributed by atoms with Gasteiger partial charge in [0.05, 0.1) is 0 Å². The molecule has 1 amide bonds. The van der Waals surface area contributed by atoms with Crippen LogP contribution in [0, 0.1) is 23.2 Å². The van der Waals surface area contributed by atoms with Crippen LogP contribution in [-0.2, 0) is 11.2 Å². The summed E-state index contributed by atoms with van der Waals surface area (Å²) >= 11 is 0. The first-order valence-corrected chi connectivity index (χ1v) is 9.50. The van der Waals surface area contributed by atoms with E-state index in [1.807, 2.05) is 18.2 Å². The molecule has 0 unspecified atom stereocenters. The van der Waals surface area contributed by atoms with E-state index in [9.17, 15) is 4.79 Å². The summed E-state index contributed by atoms with van der Waals surface area (Å²) in [6.07, 6.45) is 9.50. The molecule has 0 heterocycles. The summed E-state index contributed by atoms with van der Waals surface area (Å²) in [6.45, 7) is 2.14. The number of nitrogens with one attached hydrogen (secondary N) is 1. The van der Waals surface area contributed by atoms with Gasteiger partial charge in [0, 0.05) is 17.5 Å². The Morgan fingerprint density at radius 3 is 2.25 bits per heavy atom. The first kappa shape index (κ1) is 15.9. The molecule has 0 atom stereocenters. The maximum absolute atomic E-state index is 12.1. The second-order valence-corrected chi connectivity index (χ2v) is 8.42. The summed E-state index contributed by atoms with van der Waals surface area (Å²) in [5, 5.41) is 4.54. The van der Waals surface area contributed by atoms with Crippen molar-refractivity contribution in [3.8, 4) is 0 Å². The molecule has 4 saturated carbocycles. The third-order valence-corrected chi connectivity index (χ3v) is 6.64. The molecule has 5 rings (SSSR count). The van der Waals surface area contributed by atoms with Gasteiger partial charge in [-0.15, -0.1) is 0 Å². The lowest BCUT2D eigenvalue weighted by Gasteiger charge is -2.56. The third-order valence-electron chi connectivity index (χ3n) is 6.64. The summed E-state index contributed by atoms with van der Waals surface area (Å²) in [4.78, 5) is 12.1. The van der Waals surface area contributed by atoms with Crippen molar-refractivity contribution in [1.29, 1.82) is 0 Å². The van der Waals surface area contributed by atoms with Crippen LogP contribution >= 0.6 is 0 Å². The smallest absolute Gasteiger partial charge is 0.240 e. The van der Waals surface area contributed by atoms with Gasteiger partial charge in [0.15, 0.2) is 0 Å². The Hall–Kier alpha value is -1.64. The normalized spacial score (nSPS) is 34.4. The first-order chi connectivity index (χ1) is 11.6. The van der Waals surface area contributed by atoms with Crippen molar-refractivity contribution in [3.63, 3.8) is 0 Å². The number of benzene rings is 1. The number of hydrogen-bond acceptors (Lipinski definition) is 2. The van der Waals surface area contributed by atoms with Gasteiger partial charge in [-0.1, -0.05) is 30.3 Å². The highest BCUT2D eigenvalue weighted by Crippen LogP contribution is 2.60. The number of nitrogens with zero attached hydrogens (tertiary/aromatic N) is 1. The quantitative estimate of drug-likeness (QED) is 0.636. The van der Waals surface area contributed by atoms with E-state index < -0.39 is 0 Å². The maximum Gasteiger partial charge on any atom is 0.240 e. The van der Waals surface area contributed by atoms with Crippen molar-refractivity contribution in [1.82, 2.24) is 5.43 Å². The lowest BCUT2D eigenvalue weighted by Crippen LogP contribution is -2.49. The Balaban J connectivity index is 1.34. The predicted octanol–water partition coefficient (Wildman–Crippen LogP) is 4.33. The van der Waals surface area contributed by atoms with Crippen LogP contribution in [0.25, 0.3) is 0 Å². The molecule has 0 spiro atoms. The van der Waals surface area contributed by atoms with E-state index >= 15 is 0 Å². The highest BCUT2D eigenvalue weighted by Gasteiger charge is 2.52. The molecule has 4 bridgehead atoms. The van der Waals surface area contributed by atoms with E-state index in [1.54, 1.807) is 0 Å². The fourth-order valence-corrected chi connectivity index (χ4v) is 5.78. The Morgan fingerprint density at radius 2 is 1.67 bits per heavy atom. The summed E-state index contributed by atoms with van der Waals surface area (Å²) in [5.41, 5.74) is 5.50. The number of carbonyl (C=O) groups is 1. The minimum absolute atomic E-state index is 0.0305. The number of amides is 1. The summed E-state index contributed by atoms with van der Waals surface area (Å²) in [5.74, 6) is 2.77. The lowest BCUT2D eigenvalue weighted by atomic mass is 9.48. The van der Waals surface area contributed by atoms with Crippen LogP contribution in [0.5, 0.6) is 0 Å². The average molecular weight is 324 g/mol. The molecule has 1 aromatic carbocycles. The number of hydrogen-bond donors (Lipinski definition) is 1. The largest absolute Gasteiger partial charge is 0.273 e. The molecule has 3 nitrogen and oxygen atoms in total. The van der Waals surface area contributed by atoms with Crippen molar-refractivity contribution in [3.05, 3.63) is 35.9 Å². The van der Waals surface area contributed by atoms with Gasteiger partial charge in [-0.3, -0.25) is 4.79 Å². The zero-order valence-corrected chi connectivity index (χ0v) is 14.6. The SMILES string of the molecule is CC(=NNC(=O)CCc1ccccc1)C12CC3CC(CC(C3)C1)C2. The van der Waals surface area contributed by atoms with E-state index in [2.05, 4.69) is 29.6 Å². The summed E-state index contributed by atoms with van der Waals surface area (Å²) < 4.78 is 0. The third kappa shape index (κ3) is 3.13. The van der Waals surface area contributed by atoms with E-state index in [-0.39, 0.29) is 5.91 Å². The molecule has 3 heteroatoms. The molecule has 1 aromatic rings. The van der Waals surface area contributed by atoms with Gasteiger partial charge in [-0.2, -0.15) is 5.10 Å². The van der Waals surface area contributed by atoms with Crippen molar-refractivity contribution >= 4 is 11.6 Å². The van der Waals surface area contributed by atoms with Crippen LogP contribution in [0.4, 0.5) is 0 Å². The van der Waals surface area contributed by atoms with E-state index in [4.69, 9.17) is 0 Å². The molecule has 24 heavy (non-hydrogen) atoms.